The van der Waals surface area contributed by atoms with Crippen LogP contribution < -0.4 is 0 Å². The smallest absolute Gasteiger partial charge is 0.153 e. The lowest BCUT2D eigenvalue weighted by Crippen LogP contribution is -2.09. The highest BCUT2D eigenvalue weighted by molar-refractivity contribution is 5.77. The van der Waals surface area contributed by atoms with E-state index < -0.39 is 0 Å². The number of hydrogen-bond donors (Lipinski definition) is 0. The molecule has 2 heteroatoms. The lowest BCUT2D eigenvalue weighted by molar-refractivity contribution is 0.112. The van der Waals surface area contributed by atoms with Crippen molar-refractivity contribution in [2.45, 2.75) is 44.9 Å². The third kappa shape index (κ3) is 1.61. The molecule has 0 amide bonds. The van der Waals surface area contributed by atoms with Gasteiger partial charge in [-0.15, -0.1) is 0 Å². The van der Waals surface area contributed by atoms with E-state index in [1.54, 1.807) is 0 Å². The van der Waals surface area contributed by atoms with Gasteiger partial charge in [-0.25, -0.2) is 0 Å². The van der Waals surface area contributed by atoms with Gasteiger partial charge < -0.3 is 4.42 Å². The maximum Gasteiger partial charge on any atom is 0.153 e. The monoisotopic (exact) mass is 192 g/mol. The summed E-state index contributed by atoms with van der Waals surface area (Å²) in [4.78, 5) is 10.8. The number of hydrogen-bond acceptors (Lipinski definition) is 2. The second-order valence-corrected chi connectivity index (χ2v) is 5.07. The summed E-state index contributed by atoms with van der Waals surface area (Å²) in [7, 11) is 0. The second-order valence-electron chi connectivity index (χ2n) is 5.07. The van der Waals surface area contributed by atoms with E-state index in [1.165, 1.54) is 0 Å². The van der Waals surface area contributed by atoms with Crippen LogP contribution in [-0.4, -0.2) is 6.29 Å². The summed E-state index contributed by atoms with van der Waals surface area (Å²) in [6, 6.07) is 1.89. The number of carbonyl (C=O) groups excluding carboxylic acids is 1. The molecule has 1 fully saturated rings. The van der Waals surface area contributed by atoms with Crippen LogP contribution in [0.3, 0.4) is 0 Å². The molecule has 1 saturated carbocycles. The fourth-order valence-corrected chi connectivity index (χ4v) is 1.55. The third-order valence-corrected chi connectivity index (χ3v) is 2.61. The fraction of sp³-hybridized carbons (Fsp3) is 0.583. The highest BCUT2D eigenvalue weighted by atomic mass is 16.3. The number of furan rings is 1. The van der Waals surface area contributed by atoms with Crippen molar-refractivity contribution in [1.82, 2.24) is 0 Å². The molecular formula is C12H16O2. The Morgan fingerprint density at radius 2 is 2.07 bits per heavy atom. The molecule has 0 unspecified atom stereocenters. The Hall–Kier alpha value is -1.05. The van der Waals surface area contributed by atoms with Crippen LogP contribution in [0.5, 0.6) is 0 Å². The topological polar surface area (TPSA) is 30.2 Å². The van der Waals surface area contributed by atoms with E-state index in [9.17, 15) is 4.79 Å². The fourth-order valence-electron chi connectivity index (χ4n) is 1.55. The highest BCUT2D eigenvalue weighted by Crippen LogP contribution is 2.43. The van der Waals surface area contributed by atoms with Gasteiger partial charge in [0.15, 0.2) is 6.29 Å². The zero-order chi connectivity index (χ0) is 10.3. The zero-order valence-electron chi connectivity index (χ0n) is 8.96. The molecule has 1 aromatic heterocycles. The zero-order valence-corrected chi connectivity index (χ0v) is 8.96. The molecule has 0 aromatic carbocycles. The molecule has 0 N–H and O–H groups in total. The summed E-state index contributed by atoms with van der Waals surface area (Å²) in [5.74, 6) is 2.33. The van der Waals surface area contributed by atoms with Crippen molar-refractivity contribution >= 4 is 6.29 Å². The second kappa shape index (κ2) is 2.97. The van der Waals surface area contributed by atoms with Crippen LogP contribution in [0.4, 0.5) is 0 Å². The van der Waals surface area contributed by atoms with Gasteiger partial charge in [0.1, 0.15) is 11.5 Å². The van der Waals surface area contributed by atoms with Gasteiger partial charge in [-0.3, -0.25) is 4.79 Å². The molecule has 1 aromatic rings. The molecule has 2 nitrogen and oxygen atoms in total. The molecule has 1 aliphatic rings. The predicted octanol–water partition coefficient (Wildman–Crippen LogP) is 3.27. The van der Waals surface area contributed by atoms with Gasteiger partial charge in [0, 0.05) is 11.3 Å². The quantitative estimate of drug-likeness (QED) is 0.673. The van der Waals surface area contributed by atoms with E-state index in [0.717, 1.165) is 36.2 Å². The van der Waals surface area contributed by atoms with Crippen molar-refractivity contribution in [3.05, 3.63) is 23.2 Å². The normalized spacial score (nSPS) is 17.1. The minimum atomic E-state index is -0.00903. The number of carbonyl (C=O) groups is 1. The Bertz CT molecular complexity index is 351. The lowest BCUT2D eigenvalue weighted by Gasteiger charge is -2.13. The maximum atomic E-state index is 10.8. The first-order valence-corrected chi connectivity index (χ1v) is 5.12. The summed E-state index contributed by atoms with van der Waals surface area (Å²) >= 11 is 0. The number of aldehydes is 1. The minimum Gasteiger partial charge on any atom is -0.464 e. The molecule has 0 radical (unpaired) electrons. The van der Waals surface area contributed by atoms with Gasteiger partial charge in [0.2, 0.25) is 0 Å². The van der Waals surface area contributed by atoms with Crippen molar-refractivity contribution < 1.29 is 9.21 Å². The molecule has 0 saturated heterocycles. The molecule has 76 valence electrons. The van der Waals surface area contributed by atoms with Crippen LogP contribution >= 0.6 is 0 Å². The molecule has 0 spiro atoms. The lowest BCUT2D eigenvalue weighted by atomic mass is 9.93. The Balaban J connectivity index is 2.40. The van der Waals surface area contributed by atoms with Crippen molar-refractivity contribution in [3.63, 3.8) is 0 Å². The van der Waals surface area contributed by atoms with E-state index in [4.69, 9.17) is 4.42 Å². The van der Waals surface area contributed by atoms with Crippen molar-refractivity contribution in [2.24, 2.45) is 0 Å². The maximum absolute atomic E-state index is 10.8. The molecule has 14 heavy (non-hydrogen) atoms. The first-order valence-electron chi connectivity index (χ1n) is 5.12. The first kappa shape index (κ1) is 9.50. The predicted molar refractivity (Wildman–Crippen MR) is 54.8 cm³/mol. The average Bonchev–Trinajstić information content (AvgIpc) is 2.82. The van der Waals surface area contributed by atoms with E-state index >= 15 is 0 Å². The first-order chi connectivity index (χ1) is 6.52. The third-order valence-electron chi connectivity index (χ3n) is 2.61. The van der Waals surface area contributed by atoms with Gasteiger partial charge in [-0.1, -0.05) is 20.8 Å². The minimum absolute atomic E-state index is 0.00903. The molecule has 0 bridgehead atoms. The number of rotatable bonds is 2. The summed E-state index contributed by atoms with van der Waals surface area (Å²) in [5, 5.41) is 0. The van der Waals surface area contributed by atoms with Crippen molar-refractivity contribution in [2.75, 3.05) is 0 Å². The van der Waals surface area contributed by atoms with Gasteiger partial charge in [0.05, 0.1) is 5.56 Å². The van der Waals surface area contributed by atoms with E-state index in [2.05, 4.69) is 20.8 Å². The average molecular weight is 192 g/mol. The van der Waals surface area contributed by atoms with Crippen LogP contribution in [-0.2, 0) is 5.41 Å². The van der Waals surface area contributed by atoms with E-state index in [0.29, 0.717) is 5.92 Å². The molecule has 1 aliphatic carbocycles. The van der Waals surface area contributed by atoms with Crippen molar-refractivity contribution in [1.29, 1.82) is 0 Å². The standard InChI is InChI=1S/C12H16O2/c1-12(2,3)10-6-9(7-13)11(14-10)8-4-5-8/h6-8H,4-5H2,1-3H3. The van der Waals surface area contributed by atoms with Crippen LogP contribution in [0.1, 0.15) is 61.4 Å². The molecular weight excluding hydrogens is 176 g/mol. The van der Waals surface area contributed by atoms with Crippen molar-refractivity contribution in [3.8, 4) is 0 Å². The van der Waals surface area contributed by atoms with Gasteiger partial charge >= 0.3 is 0 Å². The summed E-state index contributed by atoms with van der Waals surface area (Å²) in [6.07, 6.45) is 3.24. The van der Waals surface area contributed by atoms with E-state index in [1.807, 2.05) is 6.07 Å². The van der Waals surface area contributed by atoms with E-state index in [-0.39, 0.29) is 5.41 Å². The highest BCUT2D eigenvalue weighted by Gasteiger charge is 2.32. The Labute approximate surface area is 84.3 Å². The Kier molecular flexibility index (Phi) is 2.02. The van der Waals surface area contributed by atoms with Crippen LogP contribution in [0.15, 0.2) is 10.5 Å². The van der Waals surface area contributed by atoms with Crippen LogP contribution in [0.2, 0.25) is 0 Å². The summed E-state index contributed by atoms with van der Waals surface area (Å²) < 4.78 is 5.76. The Morgan fingerprint density at radius 3 is 2.50 bits per heavy atom. The molecule has 0 atom stereocenters. The molecule has 0 aliphatic heterocycles. The summed E-state index contributed by atoms with van der Waals surface area (Å²) in [6.45, 7) is 6.28. The van der Waals surface area contributed by atoms with Gasteiger partial charge in [-0.05, 0) is 18.9 Å². The largest absolute Gasteiger partial charge is 0.464 e. The van der Waals surface area contributed by atoms with Gasteiger partial charge in [-0.2, -0.15) is 0 Å². The molecule has 2 rings (SSSR count). The Morgan fingerprint density at radius 1 is 1.43 bits per heavy atom. The van der Waals surface area contributed by atoms with Crippen LogP contribution in [0.25, 0.3) is 0 Å². The summed E-state index contributed by atoms with van der Waals surface area (Å²) in [5.41, 5.74) is 0.739. The molecule has 1 heterocycles. The van der Waals surface area contributed by atoms with Crippen LogP contribution in [0, 0.1) is 0 Å². The van der Waals surface area contributed by atoms with Gasteiger partial charge in [0.25, 0.3) is 0 Å². The SMILES string of the molecule is CC(C)(C)c1cc(C=O)c(C2CC2)o1.